The number of hydrogen-bond acceptors (Lipinski definition) is 4. The van der Waals surface area contributed by atoms with Crippen molar-refractivity contribution in [1.29, 1.82) is 0 Å². The fourth-order valence-corrected chi connectivity index (χ4v) is 3.17. The topological polar surface area (TPSA) is 75.7 Å². The molecule has 1 N–H and O–H groups in total. The standard InChI is InChI=1S/C17H19FN2O4S/c1-24-14-7-5-6-13(12-14)19-17(21)10-11-20(25(2,22)23)16-9-4-3-8-15(16)18/h3-9,12H,10-11H2,1-2H3,(H,19,21). The third-order valence-electron chi connectivity index (χ3n) is 3.42. The molecule has 0 aliphatic heterocycles. The van der Waals surface area contributed by atoms with E-state index in [1.807, 2.05) is 0 Å². The average Bonchev–Trinajstić information content (AvgIpc) is 2.55. The van der Waals surface area contributed by atoms with Gasteiger partial charge >= 0.3 is 0 Å². The quantitative estimate of drug-likeness (QED) is 0.817. The number of carbonyl (C=O) groups excluding carboxylic acids is 1. The van der Waals surface area contributed by atoms with E-state index in [1.54, 1.807) is 24.3 Å². The van der Waals surface area contributed by atoms with Crippen LogP contribution in [0.25, 0.3) is 0 Å². The van der Waals surface area contributed by atoms with Crippen LogP contribution >= 0.6 is 0 Å². The minimum Gasteiger partial charge on any atom is -0.497 e. The molecule has 8 heteroatoms. The van der Waals surface area contributed by atoms with Gasteiger partial charge in [-0.3, -0.25) is 9.10 Å². The number of nitrogens with zero attached hydrogens (tertiary/aromatic N) is 1. The summed E-state index contributed by atoms with van der Waals surface area (Å²) < 4.78 is 43.8. The van der Waals surface area contributed by atoms with Crippen molar-refractivity contribution in [3.63, 3.8) is 0 Å². The maximum absolute atomic E-state index is 13.9. The summed E-state index contributed by atoms with van der Waals surface area (Å²) in [7, 11) is -2.21. The van der Waals surface area contributed by atoms with Crippen LogP contribution in [0.4, 0.5) is 15.8 Å². The first kappa shape index (κ1) is 18.7. The highest BCUT2D eigenvalue weighted by atomic mass is 32.2. The molecule has 25 heavy (non-hydrogen) atoms. The van der Waals surface area contributed by atoms with Crippen molar-refractivity contribution in [2.45, 2.75) is 6.42 Å². The number of para-hydroxylation sites is 1. The van der Waals surface area contributed by atoms with E-state index < -0.39 is 21.7 Å². The number of ether oxygens (including phenoxy) is 1. The van der Waals surface area contributed by atoms with Crippen molar-refractivity contribution in [2.24, 2.45) is 0 Å². The van der Waals surface area contributed by atoms with Crippen LogP contribution in [0, 0.1) is 5.82 Å². The van der Waals surface area contributed by atoms with Gasteiger partial charge in [-0.05, 0) is 24.3 Å². The highest BCUT2D eigenvalue weighted by molar-refractivity contribution is 7.92. The normalized spacial score (nSPS) is 11.0. The largest absolute Gasteiger partial charge is 0.497 e. The molecule has 0 saturated heterocycles. The lowest BCUT2D eigenvalue weighted by Crippen LogP contribution is -2.33. The summed E-state index contributed by atoms with van der Waals surface area (Å²) in [4.78, 5) is 12.1. The van der Waals surface area contributed by atoms with Crippen LogP contribution in [-0.2, 0) is 14.8 Å². The fourth-order valence-electron chi connectivity index (χ4n) is 2.25. The molecule has 0 aromatic heterocycles. The molecule has 2 aromatic carbocycles. The predicted molar refractivity (Wildman–Crippen MR) is 94.8 cm³/mol. The van der Waals surface area contributed by atoms with Crippen molar-refractivity contribution in [1.82, 2.24) is 0 Å². The van der Waals surface area contributed by atoms with Gasteiger partial charge in [-0.2, -0.15) is 0 Å². The van der Waals surface area contributed by atoms with E-state index in [0.29, 0.717) is 11.4 Å². The smallest absolute Gasteiger partial charge is 0.232 e. The van der Waals surface area contributed by atoms with Gasteiger partial charge in [0.15, 0.2) is 0 Å². The van der Waals surface area contributed by atoms with Crippen LogP contribution in [0.3, 0.4) is 0 Å². The first-order chi connectivity index (χ1) is 11.8. The summed E-state index contributed by atoms with van der Waals surface area (Å²) in [5.41, 5.74) is 0.445. The van der Waals surface area contributed by atoms with E-state index in [1.165, 1.54) is 31.4 Å². The van der Waals surface area contributed by atoms with Crippen LogP contribution < -0.4 is 14.4 Å². The molecule has 0 heterocycles. The molecule has 6 nitrogen and oxygen atoms in total. The lowest BCUT2D eigenvalue weighted by Gasteiger charge is -2.22. The highest BCUT2D eigenvalue weighted by Crippen LogP contribution is 2.22. The lowest BCUT2D eigenvalue weighted by atomic mass is 10.2. The molecule has 0 fully saturated rings. The summed E-state index contributed by atoms with van der Waals surface area (Å²) in [5.74, 6) is -0.471. The van der Waals surface area contributed by atoms with E-state index in [0.717, 1.165) is 10.6 Å². The molecule has 134 valence electrons. The highest BCUT2D eigenvalue weighted by Gasteiger charge is 2.21. The van der Waals surface area contributed by atoms with Crippen LogP contribution in [-0.4, -0.2) is 34.2 Å². The molecule has 0 aliphatic rings. The van der Waals surface area contributed by atoms with Gasteiger partial charge in [0, 0.05) is 24.7 Å². The Bertz CT molecular complexity index is 855. The minimum atomic E-state index is -3.73. The summed E-state index contributed by atoms with van der Waals surface area (Å²) in [5, 5.41) is 2.66. The molecule has 0 saturated carbocycles. The Kier molecular flexibility index (Phi) is 5.97. The zero-order valence-corrected chi connectivity index (χ0v) is 14.7. The molecule has 2 aromatic rings. The van der Waals surface area contributed by atoms with Gasteiger partial charge in [0.1, 0.15) is 11.6 Å². The molecule has 2 rings (SSSR count). The van der Waals surface area contributed by atoms with Gasteiger partial charge in [-0.15, -0.1) is 0 Å². The Balaban J connectivity index is 2.08. The summed E-state index contributed by atoms with van der Waals surface area (Å²) >= 11 is 0. The van der Waals surface area contributed by atoms with Gasteiger partial charge < -0.3 is 10.1 Å². The Hall–Kier alpha value is -2.61. The first-order valence-corrected chi connectivity index (χ1v) is 9.32. The van der Waals surface area contributed by atoms with Gasteiger partial charge in [0.2, 0.25) is 15.9 Å². The van der Waals surface area contributed by atoms with Crippen molar-refractivity contribution >= 4 is 27.3 Å². The van der Waals surface area contributed by atoms with Crippen molar-refractivity contribution < 1.29 is 22.3 Å². The molecule has 0 spiro atoms. The number of nitrogens with one attached hydrogen (secondary N) is 1. The van der Waals surface area contributed by atoms with E-state index in [-0.39, 0.29) is 18.7 Å². The third kappa shape index (κ3) is 5.18. The second-order valence-electron chi connectivity index (χ2n) is 5.32. The number of sulfonamides is 1. The monoisotopic (exact) mass is 366 g/mol. The molecule has 0 unspecified atom stereocenters. The van der Waals surface area contributed by atoms with Crippen LogP contribution in [0.1, 0.15) is 6.42 Å². The maximum atomic E-state index is 13.9. The molecular formula is C17H19FN2O4S. The second-order valence-corrected chi connectivity index (χ2v) is 7.22. The zero-order valence-electron chi connectivity index (χ0n) is 13.9. The van der Waals surface area contributed by atoms with Crippen LogP contribution in [0.2, 0.25) is 0 Å². The molecular weight excluding hydrogens is 347 g/mol. The number of hydrogen-bond donors (Lipinski definition) is 1. The van der Waals surface area contributed by atoms with E-state index in [2.05, 4.69) is 5.32 Å². The minimum absolute atomic E-state index is 0.0841. The molecule has 1 amide bonds. The number of methoxy groups -OCH3 is 1. The summed E-state index contributed by atoms with van der Waals surface area (Å²) in [6, 6.07) is 12.3. The Morgan fingerprint density at radius 3 is 2.56 bits per heavy atom. The number of amides is 1. The Labute approximate surface area is 146 Å². The van der Waals surface area contributed by atoms with Crippen molar-refractivity contribution in [3.05, 3.63) is 54.3 Å². The van der Waals surface area contributed by atoms with Crippen LogP contribution in [0.15, 0.2) is 48.5 Å². The first-order valence-electron chi connectivity index (χ1n) is 7.47. The number of rotatable bonds is 7. The van der Waals surface area contributed by atoms with Gasteiger partial charge in [-0.25, -0.2) is 12.8 Å². The fraction of sp³-hybridized carbons (Fsp3) is 0.235. The summed E-state index contributed by atoms with van der Waals surface area (Å²) in [6.45, 7) is -0.171. The second kappa shape index (κ2) is 7.98. The van der Waals surface area contributed by atoms with Crippen molar-refractivity contribution in [2.75, 3.05) is 29.5 Å². The SMILES string of the molecule is COc1cccc(NC(=O)CCN(c2ccccc2F)S(C)(=O)=O)c1. The number of carbonyl (C=O) groups is 1. The van der Waals surface area contributed by atoms with Crippen molar-refractivity contribution in [3.8, 4) is 5.75 Å². The maximum Gasteiger partial charge on any atom is 0.232 e. The zero-order chi connectivity index (χ0) is 18.4. The number of anilines is 2. The van der Waals surface area contributed by atoms with E-state index in [9.17, 15) is 17.6 Å². The molecule has 0 radical (unpaired) electrons. The van der Waals surface area contributed by atoms with Crippen LogP contribution in [0.5, 0.6) is 5.75 Å². The molecule has 0 bridgehead atoms. The third-order valence-corrected chi connectivity index (χ3v) is 4.60. The van der Waals surface area contributed by atoms with Gasteiger partial charge in [0.25, 0.3) is 0 Å². The Morgan fingerprint density at radius 2 is 1.92 bits per heavy atom. The average molecular weight is 366 g/mol. The number of halogens is 1. The molecule has 0 atom stereocenters. The summed E-state index contributed by atoms with van der Waals surface area (Å²) in [6.07, 6.45) is 0.845. The Morgan fingerprint density at radius 1 is 1.20 bits per heavy atom. The van der Waals surface area contributed by atoms with E-state index >= 15 is 0 Å². The lowest BCUT2D eigenvalue weighted by molar-refractivity contribution is -0.116. The molecule has 0 aliphatic carbocycles. The van der Waals surface area contributed by atoms with Gasteiger partial charge in [0.05, 0.1) is 19.1 Å². The van der Waals surface area contributed by atoms with Gasteiger partial charge in [-0.1, -0.05) is 18.2 Å². The van der Waals surface area contributed by atoms with E-state index in [4.69, 9.17) is 4.74 Å². The predicted octanol–water partition coefficient (Wildman–Crippen LogP) is 2.63. The number of benzene rings is 2.